The van der Waals surface area contributed by atoms with E-state index in [1.165, 1.54) is 0 Å². The summed E-state index contributed by atoms with van der Waals surface area (Å²) in [7, 11) is 2.09. The first-order valence-corrected chi connectivity index (χ1v) is 10.2. The molecule has 1 fully saturated rings. The lowest BCUT2D eigenvalue weighted by molar-refractivity contribution is 0.0660. The Balaban J connectivity index is 1.50. The molecule has 0 unspecified atom stereocenters. The number of hydrogen-bond donors (Lipinski definition) is 0. The number of carbonyl (C=O) groups excluding carboxylic acids is 1. The van der Waals surface area contributed by atoms with Gasteiger partial charge in [0.1, 0.15) is 0 Å². The van der Waals surface area contributed by atoms with Crippen LogP contribution in [0.4, 0.5) is 0 Å². The smallest absolute Gasteiger partial charge is 0.255 e. The molecule has 1 aliphatic heterocycles. The number of aromatic nitrogens is 4. The highest BCUT2D eigenvalue weighted by Crippen LogP contribution is 2.27. The van der Waals surface area contributed by atoms with Gasteiger partial charge >= 0.3 is 0 Å². The van der Waals surface area contributed by atoms with Crippen molar-refractivity contribution in [2.24, 2.45) is 0 Å². The Hall–Kier alpha value is -2.71. The predicted octanol–water partition coefficient (Wildman–Crippen LogP) is 2.34. The number of nitrogens with zero attached hydrogens (tertiary/aromatic N) is 6. The maximum Gasteiger partial charge on any atom is 0.255 e. The van der Waals surface area contributed by atoms with Gasteiger partial charge in [-0.05, 0) is 41.7 Å². The molecule has 0 radical (unpaired) electrons. The molecule has 0 N–H and O–H groups in total. The first kappa shape index (κ1) is 18.6. The highest BCUT2D eigenvalue weighted by molar-refractivity contribution is 7.98. The van der Waals surface area contributed by atoms with Gasteiger partial charge in [-0.25, -0.2) is 0 Å². The fourth-order valence-corrected chi connectivity index (χ4v) is 4.11. The van der Waals surface area contributed by atoms with Crippen LogP contribution in [0.2, 0.25) is 0 Å². The number of carbonyl (C=O) groups is 1. The molecule has 1 amide bonds. The Labute approximate surface area is 168 Å². The van der Waals surface area contributed by atoms with Gasteiger partial charge in [-0.3, -0.25) is 4.79 Å². The van der Waals surface area contributed by atoms with Crippen molar-refractivity contribution >= 4 is 17.7 Å². The summed E-state index contributed by atoms with van der Waals surface area (Å²) >= 11 is 1.59. The molecule has 4 rings (SSSR count). The second-order valence-electron chi connectivity index (χ2n) is 6.72. The van der Waals surface area contributed by atoms with Crippen LogP contribution in [0.25, 0.3) is 5.69 Å². The molecule has 8 heteroatoms. The largest absolute Gasteiger partial charge is 0.336 e. The Morgan fingerprint density at radius 2 is 1.71 bits per heavy atom. The molecular weight excluding hydrogens is 372 g/mol. The van der Waals surface area contributed by atoms with Crippen molar-refractivity contribution < 1.29 is 4.79 Å². The number of likely N-dealkylation sites (N-methyl/N-ethyl adjacent to an activating group) is 1. The molecule has 1 saturated heterocycles. The topological polar surface area (TPSA) is 67.2 Å². The van der Waals surface area contributed by atoms with Crippen molar-refractivity contribution in [1.29, 1.82) is 0 Å². The van der Waals surface area contributed by atoms with E-state index >= 15 is 0 Å². The molecule has 0 saturated carbocycles. The molecule has 2 heterocycles. The average Bonchev–Trinajstić information content (AvgIpc) is 3.22. The number of piperazine rings is 1. The number of rotatable bonds is 5. The van der Waals surface area contributed by atoms with Crippen LogP contribution < -0.4 is 0 Å². The summed E-state index contributed by atoms with van der Waals surface area (Å²) in [4.78, 5) is 18.2. The van der Waals surface area contributed by atoms with Crippen molar-refractivity contribution in [2.45, 2.75) is 10.6 Å². The molecule has 2 aromatic carbocycles. The fourth-order valence-electron chi connectivity index (χ4n) is 3.16. The molecule has 0 aliphatic carbocycles. The molecule has 3 aromatic rings. The van der Waals surface area contributed by atoms with Gasteiger partial charge in [0, 0.05) is 31.1 Å². The van der Waals surface area contributed by atoms with Crippen molar-refractivity contribution in [1.82, 2.24) is 30.0 Å². The summed E-state index contributed by atoms with van der Waals surface area (Å²) in [5.41, 5.74) is 1.67. The molecule has 1 aromatic heterocycles. The summed E-state index contributed by atoms with van der Waals surface area (Å²) in [5, 5.41) is 12.1. The molecule has 1 aliphatic rings. The third-order valence-electron chi connectivity index (χ3n) is 4.80. The van der Waals surface area contributed by atoms with Gasteiger partial charge in [-0.2, -0.15) is 4.68 Å². The van der Waals surface area contributed by atoms with E-state index in [2.05, 4.69) is 27.5 Å². The van der Waals surface area contributed by atoms with Gasteiger partial charge in [-0.15, -0.1) is 16.9 Å². The third kappa shape index (κ3) is 4.07. The summed E-state index contributed by atoms with van der Waals surface area (Å²) in [6.07, 6.45) is 0. The lowest BCUT2D eigenvalue weighted by Gasteiger charge is -2.32. The van der Waals surface area contributed by atoms with Crippen molar-refractivity contribution in [3.8, 4) is 5.69 Å². The summed E-state index contributed by atoms with van der Waals surface area (Å²) < 4.78 is 1.73. The van der Waals surface area contributed by atoms with Crippen molar-refractivity contribution in [3.63, 3.8) is 0 Å². The van der Waals surface area contributed by atoms with E-state index in [1.54, 1.807) is 16.4 Å². The van der Waals surface area contributed by atoms with Crippen molar-refractivity contribution in [2.75, 3.05) is 33.2 Å². The Morgan fingerprint density at radius 1 is 1.00 bits per heavy atom. The van der Waals surface area contributed by atoms with E-state index in [4.69, 9.17) is 0 Å². The Morgan fingerprint density at radius 3 is 2.50 bits per heavy atom. The first-order valence-electron chi connectivity index (χ1n) is 9.25. The van der Waals surface area contributed by atoms with E-state index in [0.717, 1.165) is 48.1 Å². The monoisotopic (exact) mass is 394 g/mol. The van der Waals surface area contributed by atoms with Gasteiger partial charge < -0.3 is 9.80 Å². The van der Waals surface area contributed by atoms with E-state index in [-0.39, 0.29) is 5.91 Å². The predicted molar refractivity (Wildman–Crippen MR) is 109 cm³/mol. The first-order chi connectivity index (χ1) is 13.7. The lowest BCUT2D eigenvalue weighted by atomic mass is 10.2. The van der Waals surface area contributed by atoms with Crippen LogP contribution in [-0.4, -0.2) is 69.1 Å². The molecular formula is C20H22N6OS. The van der Waals surface area contributed by atoms with Gasteiger partial charge in [0.05, 0.1) is 17.0 Å². The van der Waals surface area contributed by atoms with Crippen LogP contribution in [0.3, 0.4) is 0 Å². The van der Waals surface area contributed by atoms with Gasteiger partial charge in [0.25, 0.3) is 5.91 Å². The van der Waals surface area contributed by atoms with Crippen LogP contribution >= 0.6 is 11.8 Å². The molecule has 0 bridgehead atoms. The van der Waals surface area contributed by atoms with Gasteiger partial charge in [0.15, 0.2) is 5.82 Å². The zero-order chi connectivity index (χ0) is 19.3. The van der Waals surface area contributed by atoms with E-state index in [9.17, 15) is 4.79 Å². The highest BCUT2D eigenvalue weighted by Gasteiger charge is 2.22. The number of amides is 1. The second kappa shape index (κ2) is 8.53. The van der Waals surface area contributed by atoms with Crippen LogP contribution in [0.1, 0.15) is 16.2 Å². The minimum Gasteiger partial charge on any atom is -0.336 e. The number of thioether (sulfide) groups is 1. The van der Waals surface area contributed by atoms with Gasteiger partial charge in [0.2, 0.25) is 0 Å². The molecule has 28 heavy (non-hydrogen) atoms. The molecule has 7 nitrogen and oxygen atoms in total. The maximum atomic E-state index is 13.0. The average molecular weight is 395 g/mol. The number of para-hydroxylation sites is 1. The van der Waals surface area contributed by atoms with E-state index < -0.39 is 0 Å². The normalized spacial score (nSPS) is 15.0. The highest BCUT2D eigenvalue weighted by atomic mass is 32.2. The minimum absolute atomic E-state index is 0.0962. The SMILES string of the molecule is CN1CCN(C(=O)c2ccccc2SCc2nnnn2-c2ccccc2)CC1. The fraction of sp³-hybridized carbons (Fsp3) is 0.300. The third-order valence-corrected chi connectivity index (χ3v) is 5.87. The maximum absolute atomic E-state index is 13.0. The summed E-state index contributed by atoms with van der Waals surface area (Å²) in [6, 6.07) is 17.6. The van der Waals surface area contributed by atoms with Gasteiger partial charge in [-0.1, -0.05) is 30.3 Å². The minimum atomic E-state index is 0.0962. The summed E-state index contributed by atoms with van der Waals surface area (Å²) in [6.45, 7) is 3.35. The van der Waals surface area contributed by atoms with E-state index in [0.29, 0.717) is 5.75 Å². The number of hydrogen-bond acceptors (Lipinski definition) is 6. The van der Waals surface area contributed by atoms with Crippen LogP contribution in [0.5, 0.6) is 0 Å². The molecule has 0 spiro atoms. The molecule has 0 atom stereocenters. The number of tetrazole rings is 1. The Bertz CT molecular complexity index is 937. The van der Waals surface area contributed by atoms with Crippen LogP contribution in [0.15, 0.2) is 59.5 Å². The van der Waals surface area contributed by atoms with E-state index in [1.807, 2.05) is 59.5 Å². The second-order valence-corrected chi connectivity index (χ2v) is 7.74. The number of benzene rings is 2. The summed E-state index contributed by atoms with van der Waals surface area (Å²) in [5.74, 6) is 1.42. The zero-order valence-electron chi connectivity index (χ0n) is 15.7. The standard InChI is InChI=1S/C20H22N6OS/c1-24-11-13-25(14-12-24)20(27)17-9-5-6-10-18(17)28-15-19-21-22-23-26(19)16-7-3-2-4-8-16/h2-10H,11-15H2,1H3. The van der Waals surface area contributed by atoms with Crippen LogP contribution in [0, 0.1) is 0 Å². The Kier molecular flexibility index (Phi) is 5.68. The molecule has 144 valence electrons. The quantitative estimate of drug-likeness (QED) is 0.619. The van der Waals surface area contributed by atoms with Crippen LogP contribution in [-0.2, 0) is 5.75 Å². The van der Waals surface area contributed by atoms with Crippen molar-refractivity contribution in [3.05, 3.63) is 66.0 Å². The zero-order valence-corrected chi connectivity index (χ0v) is 16.5. The lowest BCUT2D eigenvalue weighted by Crippen LogP contribution is -2.47.